The Morgan fingerprint density at radius 1 is 1.00 bits per heavy atom. The maximum atomic E-state index is 5.73. The maximum Gasteiger partial charge on any atom is 0.0702 e. The second-order valence-corrected chi connectivity index (χ2v) is 4.19. The van der Waals surface area contributed by atoms with Gasteiger partial charge in [0, 0.05) is 17.6 Å². The maximum absolute atomic E-state index is 5.73. The third kappa shape index (κ3) is 3.05. The number of benzene rings is 1. The number of alkyl halides is 1. The number of rotatable bonds is 4. The van der Waals surface area contributed by atoms with E-state index in [0.29, 0.717) is 12.4 Å². The molecule has 0 amide bonds. The smallest absolute Gasteiger partial charge is 0.0702 e. The lowest BCUT2D eigenvalue weighted by atomic mass is 10.1. The van der Waals surface area contributed by atoms with Gasteiger partial charge in [0.1, 0.15) is 0 Å². The quantitative estimate of drug-likeness (QED) is 0.843. The molecule has 0 radical (unpaired) electrons. The molecule has 2 rings (SSSR count). The molecule has 0 saturated heterocycles. The van der Waals surface area contributed by atoms with Crippen LogP contribution in [0.1, 0.15) is 11.1 Å². The Labute approximate surface area is 106 Å². The Balaban J connectivity index is 2.20. The van der Waals surface area contributed by atoms with Gasteiger partial charge in [-0.1, -0.05) is 30.3 Å². The summed E-state index contributed by atoms with van der Waals surface area (Å²) in [6.45, 7) is 0.683. The standard InChI is InChI=1S/C14H15ClN2/c15-9-12-3-6-14(17-10-12)13-4-1-11(2-5-13)7-8-16/h1-6,10H,7-9,16H2. The Bertz CT molecular complexity index is 463. The predicted molar refractivity (Wildman–Crippen MR) is 72.0 cm³/mol. The van der Waals surface area contributed by atoms with Gasteiger partial charge in [-0.05, 0) is 30.2 Å². The van der Waals surface area contributed by atoms with Crippen molar-refractivity contribution in [3.8, 4) is 11.3 Å². The van der Waals surface area contributed by atoms with Gasteiger partial charge in [-0.2, -0.15) is 0 Å². The molecule has 1 heterocycles. The lowest BCUT2D eigenvalue weighted by molar-refractivity contribution is 0.969. The SMILES string of the molecule is NCCc1ccc(-c2ccc(CCl)cn2)cc1. The monoisotopic (exact) mass is 246 g/mol. The molecule has 2 aromatic rings. The third-order valence-electron chi connectivity index (χ3n) is 2.66. The van der Waals surface area contributed by atoms with Crippen LogP contribution < -0.4 is 5.73 Å². The minimum Gasteiger partial charge on any atom is -0.330 e. The van der Waals surface area contributed by atoms with E-state index in [1.54, 1.807) is 0 Å². The van der Waals surface area contributed by atoms with E-state index in [4.69, 9.17) is 17.3 Å². The number of aromatic nitrogens is 1. The van der Waals surface area contributed by atoms with Gasteiger partial charge in [0.15, 0.2) is 0 Å². The number of pyridine rings is 1. The zero-order valence-corrected chi connectivity index (χ0v) is 10.3. The Hall–Kier alpha value is -1.38. The van der Waals surface area contributed by atoms with Gasteiger partial charge in [-0.3, -0.25) is 4.98 Å². The van der Waals surface area contributed by atoms with Crippen LogP contribution in [0.2, 0.25) is 0 Å². The first-order valence-corrected chi connectivity index (χ1v) is 6.17. The first kappa shape index (κ1) is 12.1. The zero-order chi connectivity index (χ0) is 12.1. The number of nitrogens with zero attached hydrogens (tertiary/aromatic N) is 1. The first-order chi connectivity index (χ1) is 8.33. The summed E-state index contributed by atoms with van der Waals surface area (Å²) in [5.41, 5.74) is 9.90. The van der Waals surface area contributed by atoms with Crippen LogP contribution in [0, 0.1) is 0 Å². The molecule has 1 aromatic heterocycles. The van der Waals surface area contributed by atoms with Crippen molar-refractivity contribution in [2.24, 2.45) is 5.73 Å². The van der Waals surface area contributed by atoms with Crippen molar-refractivity contribution in [2.75, 3.05) is 6.54 Å². The fourth-order valence-electron chi connectivity index (χ4n) is 1.68. The van der Waals surface area contributed by atoms with Crippen LogP contribution in [-0.2, 0) is 12.3 Å². The highest BCUT2D eigenvalue weighted by molar-refractivity contribution is 6.17. The Morgan fingerprint density at radius 2 is 1.71 bits per heavy atom. The van der Waals surface area contributed by atoms with Crippen molar-refractivity contribution >= 4 is 11.6 Å². The molecule has 3 heteroatoms. The zero-order valence-electron chi connectivity index (χ0n) is 9.57. The van der Waals surface area contributed by atoms with Gasteiger partial charge < -0.3 is 5.73 Å². The highest BCUT2D eigenvalue weighted by atomic mass is 35.5. The molecular formula is C14H15ClN2. The van der Waals surface area contributed by atoms with Crippen LogP contribution in [0.3, 0.4) is 0 Å². The van der Waals surface area contributed by atoms with Gasteiger partial charge in [0.2, 0.25) is 0 Å². The van der Waals surface area contributed by atoms with E-state index in [0.717, 1.165) is 23.2 Å². The molecule has 2 nitrogen and oxygen atoms in total. The number of halogens is 1. The first-order valence-electron chi connectivity index (χ1n) is 5.64. The van der Waals surface area contributed by atoms with E-state index >= 15 is 0 Å². The summed E-state index contributed by atoms with van der Waals surface area (Å²) in [5, 5.41) is 0. The molecule has 0 saturated carbocycles. The van der Waals surface area contributed by atoms with Crippen LogP contribution >= 0.6 is 11.6 Å². The van der Waals surface area contributed by atoms with E-state index in [2.05, 4.69) is 29.2 Å². The van der Waals surface area contributed by atoms with Crippen LogP contribution in [0.4, 0.5) is 0 Å². The molecule has 0 aliphatic carbocycles. The minimum absolute atomic E-state index is 0.503. The molecule has 2 N–H and O–H groups in total. The predicted octanol–water partition coefficient (Wildman–Crippen LogP) is 2.99. The van der Waals surface area contributed by atoms with E-state index in [1.807, 2.05) is 18.3 Å². The van der Waals surface area contributed by atoms with Gasteiger partial charge in [-0.25, -0.2) is 0 Å². The summed E-state index contributed by atoms with van der Waals surface area (Å²) in [6, 6.07) is 12.3. The van der Waals surface area contributed by atoms with Gasteiger partial charge in [0.05, 0.1) is 5.69 Å². The molecule has 1 aromatic carbocycles. The molecule has 17 heavy (non-hydrogen) atoms. The minimum atomic E-state index is 0.503. The number of nitrogens with two attached hydrogens (primary N) is 1. The average Bonchev–Trinajstić information content (AvgIpc) is 2.40. The molecular weight excluding hydrogens is 232 g/mol. The van der Waals surface area contributed by atoms with Crippen molar-refractivity contribution in [1.82, 2.24) is 4.98 Å². The van der Waals surface area contributed by atoms with Crippen molar-refractivity contribution in [3.63, 3.8) is 0 Å². The molecule has 0 bridgehead atoms. The van der Waals surface area contributed by atoms with Crippen LogP contribution in [0.5, 0.6) is 0 Å². The van der Waals surface area contributed by atoms with Crippen LogP contribution in [-0.4, -0.2) is 11.5 Å². The molecule has 88 valence electrons. The second kappa shape index (κ2) is 5.80. The topological polar surface area (TPSA) is 38.9 Å². The number of hydrogen-bond acceptors (Lipinski definition) is 2. The van der Waals surface area contributed by atoms with Crippen LogP contribution in [0.15, 0.2) is 42.6 Å². The summed E-state index contributed by atoms with van der Waals surface area (Å²) < 4.78 is 0. The van der Waals surface area contributed by atoms with Crippen molar-refractivity contribution < 1.29 is 0 Å². The molecule has 0 spiro atoms. The van der Waals surface area contributed by atoms with Crippen molar-refractivity contribution in [3.05, 3.63) is 53.7 Å². The summed E-state index contributed by atoms with van der Waals surface area (Å²) in [4.78, 5) is 4.39. The van der Waals surface area contributed by atoms with Crippen LogP contribution in [0.25, 0.3) is 11.3 Å². The van der Waals surface area contributed by atoms with Crippen molar-refractivity contribution in [1.29, 1.82) is 0 Å². The lowest BCUT2D eigenvalue weighted by Gasteiger charge is -2.03. The fraction of sp³-hybridized carbons (Fsp3) is 0.214. The summed E-state index contributed by atoms with van der Waals surface area (Å²) in [7, 11) is 0. The van der Waals surface area contributed by atoms with E-state index in [9.17, 15) is 0 Å². The van der Waals surface area contributed by atoms with Gasteiger partial charge in [-0.15, -0.1) is 11.6 Å². The van der Waals surface area contributed by atoms with Gasteiger partial charge >= 0.3 is 0 Å². The summed E-state index contributed by atoms with van der Waals surface area (Å²) in [5.74, 6) is 0.503. The summed E-state index contributed by atoms with van der Waals surface area (Å²) >= 11 is 5.73. The average molecular weight is 247 g/mol. The third-order valence-corrected chi connectivity index (χ3v) is 2.97. The molecule has 0 unspecified atom stereocenters. The number of hydrogen-bond donors (Lipinski definition) is 1. The van der Waals surface area contributed by atoms with E-state index in [-0.39, 0.29) is 0 Å². The molecule has 0 aliphatic rings. The largest absolute Gasteiger partial charge is 0.330 e. The van der Waals surface area contributed by atoms with Crippen molar-refractivity contribution in [2.45, 2.75) is 12.3 Å². The normalized spacial score (nSPS) is 10.5. The highest BCUT2D eigenvalue weighted by Gasteiger charge is 1.99. The Kier molecular flexibility index (Phi) is 4.13. The molecule has 0 fully saturated rings. The molecule has 0 atom stereocenters. The van der Waals surface area contributed by atoms with E-state index in [1.165, 1.54) is 5.56 Å². The van der Waals surface area contributed by atoms with E-state index < -0.39 is 0 Å². The van der Waals surface area contributed by atoms with Gasteiger partial charge in [0.25, 0.3) is 0 Å². The highest BCUT2D eigenvalue weighted by Crippen LogP contribution is 2.18. The Morgan fingerprint density at radius 3 is 2.24 bits per heavy atom. The second-order valence-electron chi connectivity index (χ2n) is 3.92. The molecule has 0 aliphatic heterocycles. The lowest BCUT2D eigenvalue weighted by Crippen LogP contribution is -2.02. The fourth-order valence-corrected chi connectivity index (χ4v) is 1.84. The summed E-state index contributed by atoms with van der Waals surface area (Å²) in [6.07, 6.45) is 2.73.